The highest BCUT2D eigenvalue weighted by atomic mass is 32.2. The van der Waals surface area contributed by atoms with Crippen LogP contribution in [0.3, 0.4) is 0 Å². The molecule has 0 spiro atoms. The number of alkyl halides is 3. The second-order valence-electron chi connectivity index (χ2n) is 5.98. The molecule has 0 aliphatic carbocycles. The van der Waals surface area contributed by atoms with E-state index in [0.29, 0.717) is 5.75 Å². The molecule has 0 amide bonds. The summed E-state index contributed by atoms with van der Waals surface area (Å²) < 4.78 is 66.2. The number of thioether (sulfide) groups is 1. The first-order chi connectivity index (χ1) is 12.2. The Labute approximate surface area is 154 Å². The molecule has 0 fully saturated rings. The van der Waals surface area contributed by atoms with Gasteiger partial charge < -0.3 is 4.84 Å². The largest absolute Gasteiger partial charge is 0.434 e. The number of halogens is 5. The van der Waals surface area contributed by atoms with Crippen molar-refractivity contribution >= 4 is 28.8 Å². The van der Waals surface area contributed by atoms with E-state index < -0.39 is 29.1 Å². The molecule has 1 aromatic carbocycles. The third-order valence-corrected chi connectivity index (χ3v) is 5.91. The van der Waals surface area contributed by atoms with E-state index in [4.69, 9.17) is 4.84 Å². The molecule has 26 heavy (non-hydrogen) atoms. The van der Waals surface area contributed by atoms with Gasteiger partial charge in [-0.05, 0) is 19.1 Å². The second kappa shape index (κ2) is 7.15. The number of nitrogens with zero attached hydrogens (tertiary/aromatic N) is 2. The van der Waals surface area contributed by atoms with Crippen molar-refractivity contribution in [3.8, 4) is 0 Å². The van der Waals surface area contributed by atoms with Crippen molar-refractivity contribution < 1.29 is 26.8 Å². The first-order valence-electron chi connectivity index (χ1n) is 7.46. The molecule has 1 aromatic heterocycles. The molecular formula is C16H13F5N2OS2. The molecule has 2 aromatic rings. The summed E-state index contributed by atoms with van der Waals surface area (Å²) in [6, 6.07) is 3.64. The Morgan fingerprint density at radius 2 is 1.96 bits per heavy atom. The molecule has 1 atom stereocenters. The zero-order valence-electron chi connectivity index (χ0n) is 13.4. The number of rotatable bonds is 5. The minimum atomic E-state index is -4.56. The van der Waals surface area contributed by atoms with Gasteiger partial charge in [0.1, 0.15) is 22.9 Å². The average molecular weight is 408 g/mol. The van der Waals surface area contributed by atoms with Crippen molar-refractivity contribution in [1.29, 1.82) is 0 Å². The highest BCUT2D eigenvalue weighted by molar-refractivity contribution is 7.98. The van der Waals surface area contributed by atoms with E-state index in [1.807, 2.05) is 0 Å². The summed E-state index contributed by atoms with van der Waals surface area (Å²) in [4.78, 5) is 8.64. The van der Waals surface area contributed by atoms with Gasteiger partial charge in [0.2, 0.25) is 0 Å². The fourth-order valence-corrected chi connectivity index (χ4v) is 4.43. The molecule has 1 aliphatic heterocycles. The summed E-state index contributed by atoms with van der Waals surface area (Å²) in [6.45, 7) is 1.70. The molecule has 0 saturated heterocycles. The number of benzene rings is 1. The van der Waals surface area contributed by atoms with E-state index in [1.54, 1.807) is 6.92 Å². The molecule has 0 saturated carbocycles. The van der Waals surface area contributed by atoms with Crippen LogP contribution in [0.5, 0.6) is 0 Å². The van der Waals surface area contributed by atoms with Crippen LogP contribution in [0.2, 0.25) is 0 Å². The van der Waals surface area contributed by atoms with Gasteiger partial charge in [0, 0.05) is 23.5 Å². The van der Waals surface area contributed by atoms with Crippen molar-refractivity contribution in [2.24, 2.45) is 5.16 Å². The summed E-state index contributed by atoms with van der Waals surface area (Å²) in [5, 5.41) is 3.79. The second-order valence-corrected chi connectivity index (χ2v) is 7.82. The van der Waals surface area contributed by atoms with Crippen molar-refractivity contribution in [2.75, 3.05) is 5.75 Å². The van der Waals surface area contributed by atoms with Gasteiger partial charge in [-0.25, -0.2) is 13.8 Å². The molecule has 1 aliphatic rings. The summed E-state index contributed by atoms with van der Waals surface area (Å²) in [5.74, 6) is -0.868. The molecule has 1 unspecified atom stereocenters. The quantitative estimate of drug-likeness (QED) is 0.634. The van der Waals surface area contributed by atoms with E-state index in [2.05, 4.69) is 10.1 Å². The Morgan fingerprint density at radius 1 is 1.27 bits per heavy atom. The monoisotopic (exact) mass is 408 g/mol. The van der Waals surface area contributed by atoms with Gasteiger partial charge in [0.25, 0.3) is 0 Å². The van der Waals surface area contributed by atoms with Gasteiger partial charge in [-0.15, -0.1) is 11.3 Å². The fraction of sp³-hybridized carbons (Fsp3) is 0.375. The Bertz CT molecular complexity index is 816. The zero-order chi connectivity index (χ0) is 18.9. The van der Waals surface area contributed by atoms with E-state index >= 15 is 0 Å². The molecule has 2 heterocycles. The average Bonchev–Trinajstić information content (AvgIpc) is 3.17. The molecule has 3 nitrogen and oxygen atoms in total. The van der Waals surface area contributed by atoms with Crippen LogP contribution in [-0.4, -0.2) is 22.0 Å². The number of oxime groups is 1. The maximum absolute atomic E-state index is 13.6. The highest BCUT2D eigenvalue weighted by Gasteiger charge is 2.42. The van der Waals surface area contributed by atoms with Crippen molar-refractivity contribution in [3.63, 3.8) is 0 Å². The maximum atomic E-state index is 13.6. The molecule has 0 bridgehead atoms. The summed E-state index contributed by atoms with van der Waals surface area (Å²) in [7, 11) is 0. The van der Waals surface area contributed by atoms with Crippen molar-refractivity contribution in [2.45, 2.75) is 30.9 Å². The van der Waals surface area contributed by atoms with Gasteiger partial charge in [0.05, 0.1) is 10.4 Å². The lowest BCUT2D eigenvalue weighted by Gasteiger charge is -2.20. The fourth-order valence-electron chi connectivity index (χ4n) is 2.48. The van der Waals surface area contributed by atoms with Crippen LogP contribution in [0, 0.1) is 11.6 Å². The number of hydrogen-bond donors (Lipinski definition) is 0. The smallest absolute Gasteiger partial charge is 0.388 e. The van der Waals surface area contributed by atoms with Crippen LogP contribution < -0.4 is 0 Å². The molecule has 140 valence electrons. The third kappa shape index (κ3) is 4.01. The Hall–Kier alpha value is -1.68. The summed E-state index contributed by atoms with van der Waals surface area (Å²) >= 11 is 2.08. The topological polar surface area (TPSA) is 34.5 Å². The van der Waals surface area contributed by atoms with Crippen LogP contribution in [0.4, 0.5) is 22.0 Å². The molecule has 10 heteroatoms. The van der Waals surface area contributed by atoms with E-state index in [1.165, 1.54) is 30.0 Å². The number of hydrogen-bond acceptors (Lipinski definition) is 5. The van der Waals surface area contributed by atoms with Gasteiger partial charge in [-0.2, -0.15) is 24.9 Å². The SMILES string of the molecule is CC1(CSCc2c(F)cccc2F)CC(c2scnc2C(F)(F)F)=NO1. The number of thiazole rings is 1. The first-order valence-corrected chi connectivity index (χ1v) is 9.50. The predicted molar refractivity (Wildman–Crippen MR) is 90.3 cm³/mol. The Kier molecular flexibility index (Phi) is 5.25. The standard InChI is InChI=1S/C16H13F5N2OS2/c1-15(7-25-6-9-10(17)3-2-4-11(9)18)5-12(23-24-15)13-14(16(19,20)21)22-8-26-13/h2-4,8H,5-7H2,1H3. The van der Waals surface area contributed by atoms with Crippen LogP contribution in [-0.2, 0) is 16.8 Å². The van der Waals surface area contributed by atoms with Crippen molar-refractivity contribution in [3.05, 3.63) is 51.5 Å². The van der Waals surface area contributed by atoms with Crippen LogP contribution in [0.25, 0.3) is 0 Å². The summed E-state index contributed by atoms with van der Waals surface area (Å²) in [6.07, 6.45) is -4.40. The lowest BCUT2D eigenvalue weighted by molar-refractivity contribution is -0.140. The van der Waals surface area contributed by atoms with Gasteiger partial charge in [0.15, 0.2) is 5.69 Å². The van der Waals surface area contributed by atoms with Crippen LogP contribution in [0.1, 0.15) is 29.5 Å². The molecule has 0 radical (unpaired) electrons. The van der Waals surface area contributed by atoms with Crippen LogP contribution >= 0.6 is 23.1 Å². The molecule has 3 rings (SSSR count). The Morgan fingerprint density at radius 3 is 2.62 bits per heavy atom. The minimum Gasteiger partial charge on any atom is -0.388 e. The number of aromatic nitrogens is 1. The highest BCUT2D eigenvalue weighted by Crippen LogP contribution is 2.37. The van der Waals surface area contributed by atoms with E-state index in [-0.39, 0.29) is 28.3 Å². The van der Waals surface area contributed by atoms with Gasteiger partial charge in [-0.3, -0.25) is 0 Å². The predicted octanol–water partition coefficient (Wildman–Crippen LogP) is 5.26. The Balaban J connectivity index is 1.63. The first kappa shape index (κ1) is 19.1. The summed E-state index contributed by atoms with van der Waals surface area (Å²) in [5.41, 5.74) is -0.571. The third-order valence-electron chi connectivity index (χ3n) is 3.73. The van der Waals surface area contributed by atoms with E-state index in [9.17, 15) is 22.0 Å². The maximum Gasteiger partial charge on any atom is 0.434 e. The van der Waals surface area contributed by atoms with E-state index in [0.717, 1.165) is 16.8 Å². The van der Waals surface area contributed by atoms with Crippen molar-refractivity contribution in [1.82, 2.24) is 4.98 Å². The molecule has 0 N–H and O–H groups in total. The van der Waals surface area contributed by atoms with Crippen LogP contribution in [0.15, 0.2) is 28.9 Å². The zero-order valence-corrected chi connectivity index (χ0v) is 15.1. The minimum absolute atomic E-state index is 0.0398. The normalized spacial score (nSPS) is 20.2. The lowest BCUT2D eigenvalue weighted by atomic mass is 10.0. The van der Waals surface area contributed by atoms with Gasteiger partial charge >= 0.3 is 6.18 Å². The lowest BCUT2D eigenvalue weighted by Crippen LogP contribution is -2.28. The molecular weight excluding hydrogens is 395 g/mol. The van der Waals surface area contributed by atoms with Gasteiger partial charge in [-0.1, -0.05) is 11.2 Å².